The number of unbranched alkanes of at least 4 members (excludes halogenated alkanes) is 2. The summed E-state index contributed by atoms with van der Waals surface area (Å²) in [5.74, 6) is -0.777. The fourth-order valence-corrected chi connectivity index (χ4v) is 3.66. The summed E-state index contributed by atoms with van der Waals surface area (Å²) in [5.41, 5.74) is 1.29. The molecule has 1 amide bonds. The second-order valence-corrected chi connectivity index (χ2v) is 7.42. The molecule has 2 aromatic carbocycles. The summed E-state index contributed by atoms with van der Waals surface area (Å²) >= 11 is 5.94. The van der Waals surface area contributed by atoms with Crippen LogP contribution in [0.15, 0.2) is 54.1 Å². The summed E-state index contributed by atoms with van der Waals surface area (Å²) in [6.07, 6.45) is 2.74. The molecule has 0 aliphatic carbocycles. The first-order valence-corrected chi connectivity index (χ1v) is 10.0. The van der Waals surface area contributed by atoms with Crippen LogP contribution in [0.5, 0.6) is 5.75 Å². The third kappa shape index (κ3) is 4.30. The van der Waals surface area contributed by atoms with E-state index >= 15 is 0 Å². The zero-order valence-corrected chi connectivity index (χ0v) is 17.3. The number of Topliss-reactive ketones (excluding diaryl/α,β-unsaturated/α-hetero) is 1. The highest BCUT2D eigenvalue weighted by Crippen LogP contribution is 2.40. The van der Waals surface area contributed by atoms with E-state index in [-0.39, 0.29) is 11.3 Å². The van der Waals surface area contributed by atoms with Crippen molar-refractivity contribution < 1.29 is 19.4 Å². The van der Waals surface area contributed by atoms with Gasteiger partial charge in [-0.15, -0.1) is 0 Å². The molecule has 0 aromatic heterocycles. The van der Waals surface area contributed by atoms with E-state index < -0.39 is 17.7 Å². The van der Waals surface area contributed by atoms with Crippen LogP contribution in [-0.4, -0.2) is 35.4 Å². The van der Waals surface area contributed by atoms with Crippen LogP contribution < -0.4 is 4.74 Å². The number of aliphatic hydroxyl groups excluding tert-OH is 1. The Labute approximate surface area is 175 Å². The molecule has 2 aromatic rings. The fourth-order valence-electron chi connectivity index (χ4n) is 3.54. The number of carbonyl (C=O) groups is 2. The fraction of sp³-hybridized carbons (Fsp3) is 0.304. The summed E-state index contributed by atoms with van der Waals surface area (Å²) in [6.45, 7) is 2.53. The predicted molar refractivity (Wildman–Crippen MR) is 113 cm³/mol. The van der Waals surface area contributed by atoms with Crippen LogP contribution in [0.4, 0.5) is 0 Å². The van der Waals surface area contributed by atoms with Crippen LogP contribution in [0.1, 0.15) is 43.4 Å². The molecule has 1 saturated heterocycles. The summed E-state index contributed by atoms with van der Waals surface area (Å²) < 4.78 is 5.21. The monoisotopic (exact) mass is 413 g/mol. The molecule has 29 heavy (non-hydrogen) atoms. The van der Waals surface area contributed by atoms with Gasteiger partial charge >= 0.3 is 0 Å². The molecule has 6 heteroatoms. The van der Waals surface area contributed by atoms with Crippen molar-refractivity contribution in [1.82, 2.24) is 4.90 Å². The van der Waals surface area contributed by atoms with E-state index in [1.54, 1.807) is 48.4 Å². The van der Waals surface area contributed by atoms with E-state index in [9.17, 15) is 14.7 Å². The molecule has 1 unspecified atom stereocenters. The Bertz CT molecular complexity index is 919. The maximum atomic E-state index is 12.9. The number of rotatable bonds is 7. The number of carbonyl (C=O) groups excluding carboxylic acids is 2. The molecule has 1 atom stereocenters. The van der Waals surface area contributed by atoms with Crippen molar-refractivity contribution in [3.63, 3.8) is 0 Å². The average molecular weight is 414 g/mol. The first-order valence-electron chi connectivity index (χ1n) is 9.66. The number of likely N-dealkylation sites (tertiary alicyclic amines) is 1. The van der Waals surface area contributed by atoms with Crippen LogP contribution in [0.3, 0.4) is 0 Å². The van der Waals surface area contributed by atoms with Gasteiger partial charge in [0.15, 0.2) is 0 Å². The average Bonchev–Trinajstić information content (AvgIpc) is 2.99. The highest BCUT2D eigenvalue weighted by atomic mass is 35.5. The quantitative estimate of drug-likeness (QED) is 0.301. The van der Waals surface area contributed by atoms with Crippen molar-refractivity contribution in [2.45, 2.75) is 32.2 Å². The van der Waals surface area contributed by atoms with Crippen molar-refractivity contribution in [2.75, 3.05) is 13.7 Å². The van der Waals surface area contributed by atoms with Gasteiger partial charge in [0.25, 0.3) is 11.7 Å². The second kappa shape index (κ2) is 9.14. The van der Waals surface area contributed by atoms with Crippen molar-refractivity contribution in [3.8, 4) is 5.75 Å². The number of ether oxygens (including phenoxy) is 1. The number of benzene rings is 2. The van der Waals surface area contributed by atoms with Gasteiger partial charge in [-0.2, -0.15) is 0 Å². The van der Waals surface area contributed by atoms with Crippen LogP contribution in [0.25, 0.3) is 5.76 Å². The van der Waals surface area contributed by atoms with Gasteiger partial charge in [-0.3, -0.25) is 9.59 Å². The molecule has 1 N–H and O–H groups in total. The molecule has 152 valence electrons. The Balaban J connectivity index is 2.09. The summed E-state index contributed by atoms with van der Waals surface area (Å²) in [7, 11) is 1.58. The lowest BCUT2D eigenvalue weighted by atomic mass is 9.95. The minimum absolute atomic E-state index is 0.0963. The van der Waals surface area contributed by atoms with Gasteiger partial charge in [0.05, 0.1) is 18.7 Å². The number of hydrogen-bond acceptors (Lipinski definition) is 4. The van der Waals surface area contributed by atoms with E-state index in [1.165, 1.54) is 0 Å². The molecular formula is C23H24ClNO4. The lowest BCUT2D eigenvalue weighted by molar-refractivity contribution is -0.139. The summed E-state index contributed by atoms with van der Waals surface area (Å²) in [5, 5.41) is 11.5. The number of amides is 1. The first-order chi connectivity index (χ1) is 14.0. The van der Waals surface area contributed by atoms with Crippen LogP contribution >= 0.6 is 11.6 Å². The Morgan fingerprint density at radius 3 is 2.31 bits per heavy atom. The van der Waals surface area contributed by atoms with Crippen LogP contribution in [-0.2, 0) is 9.59 Å². The highest BCUT2D eigenvalue weighted by Gasteiger charge is 2.45. The van der Waals surface area contributed by atoms with Gasteiger partial charge in [-0.25, -0.2) is 0 Å². The zero-order chi connectivity index (χ0) is 21.0. The van der Waals surface area contributed by atoms with Gasteiger partial charge in [0.2, 0.25) is 0 Å². The Hall–Kier alpha value is -2.79. The van der Waals surface area contributed by atoms with Gasteiger partial charge in [-0.1, -0.05) is 43.5 Å². The normalized spacial score (nSPS) is 18.3. The van der Waals surface area contributed by atoms with Gasteiger partial charge in [0, 0.05) is 17.1 Å². The van der Waals surface area contributed by atoms with Crippen LogP contribution in [0.2, 0.25) is 5.02 Å². The molecule has 1 aliphatic heterocycles. The highest BCUT2D eigenvalue weighted by molar-refractivity contribution is 6.46. The van der Waals surface area contributed by atoms with E-state index in [0.29, 0.717) is 22.9 Å². The largest absolute Gasteiger partial charge is 0.507 e. The Morgan fingerprint density at radius 1 is 1.07 bits per heavy atom. The van der Waals surface area contributed by atoms with Gasteiger partial charge in [-0.05, 0) is 48.4 Å². The lowest BCUT2D eigenvalue weighted by Gasteiger charge is -2.25. The van der Waals surface area contributed by atoms with Crippen LogP contribution in [0, 0.1) is 0 Å². The number of ketones is 1. The standard InChI is InChI=1S/C23H24ClNO4/c1-3-4-5-14-25-20(15-8-12-18(29-2)13-9-15)19(22(27)23(25)28)21(26)16-6-10-17(24)11-7-16/h6-13,20,26H,3-5,14H2,1-2H3/b21-19-. The van der Waals surface area contributed by atoms with E-state index in [0.717, 1.165) is 24.8 Å². The smallest absolute Gasteiger partial charge is 0.295 e. The lowest BCUT2D eigenvalue weighted by Crippen LogP contribution is -2.30. The molecule has 1 fully saturated rings. The third-order valence-corrected chi connectivity index (χ3v) is 5.34. The van der Waals surface area contributed by atoms with Gasteiger partial charge in [0.1, 0.15) is 11.5 Å². The van der Waals surface area contributed by atoms with E-state index in [4.69, 9.17) is 16.3 Å². The zero-order valence-electron chi connectivity index (χ0n) is 16.5. The van der Waals surface area contributed by atoms with Crippen molar-refractivity contribution in [1.29, 1.82) is 0 Å². The molecule has 1 heterocycles. The summed E-state index contributed by atoms with van der Waals surface area (Å²) in [6, 6.07) is 13.1. The first kappa shape index (κ1) is 20.9. The summed E-state index contributed by atoms with van der Waals surface area (Å²) in [4.78, 5) is 27.2. The minimum atomic E-state index is -0.672. The second-order valence-electron chi connectivity index (χ2n) is 6.98. The SMILES string of the molecule is CCCCCN1C(=O)C(=O)/C(=C(\O)c2ccc(Cl)cc2)C1c1ccc(OC)cc1. The molecule has 0 radical (unpaired) electrons. The Kier molecular flexibility index (Phi) is 6.60. The molecular weight excluding hydrogens is 390 g/mol. The minimum Gasteiger partial charge on any atom is -0.507 e. The van der Waals surface area contributed by atoms with Crippen molar-refractivity contribution in [2.24, 2.45) is 0 Å². The van der Waals surface area contributed by atoms with Crippen molar-refractivity contribution in [3.05, 3.63) is 70.3 Å². The maximum Gasteiger partial charge on any atom is 0.295 e. The molecule has 0 spiro atoms. The topological polar surface area (TPSA) is 66.8 Å². The number of halogens is 1. The number of nitrogens with zero attached hydrogens (tertiary/aromatic N) is 1. The van der Waals surface area contributed by atoms with E-state index in [2.05, 4.69) is 6.92 Å². The maximum absolute atomic E-state index is 12.9. The van der Waals surface area contributed by atoms with E-state index in [1.807, 2.05) is 12.1 Å². The molecule has 0 saturated carbocycles. The molecule has 5 nitrogen and oxygen atoms in total. The number of hydrogen-bond donors (Lipinski definition) is 1. The molecule has 0 bridgehead atoms. The Morgan fingerprint density at radius 2 is 1.72 bits per heavy atom. The number of aliphatic hydroxyl groups is 1. The molecule has 3 rings (SSSR count). The van der Waals surface area contributed by atoms with Gasteiger partial charge < -0.3 is 14.7 Å². The molecule has 1 aliphatic rings. The third-order valence-electron chi connectivity index (χ3n) is 5.09. The predicted octanol–water partition coefficient (Wildman–Crippen LogP) is 4.96. The van der Waals surface area contributed by atoms with Crippen molar-refractivity contribution >= 4 is 29.1 Å². The number of methoxy groups -OCH3 is 1.